The highest BCUT2D eigenvalue weighted by atomic mass is 35.5. The summed E-state index contributed by atoms with van der Waals surface area (Å²) in [6.07, 6.45) is 3.04. The van der Waals surface area contributed by atoms with Gasteiger partial charge in [0.15, 0.2) is 0 Å². The molecule has 0 saturated heterocycles. The first-order valence-corrected chi connectivity index (χ1v) is 6.41. The van der Waals surface area contributed by atoms with Crippen LogP contribution in [-0.4, -0.2) is 0 Å². The Kier molecular flexibility index (Phi) is 5.89. The minimum Gasteiger partial charge on any atom is -0.271 e. The molecule has 0 bridgehead atoms. The van der Waals surface area contributed by atoms with Crippen LogP contribution in [0.25, 0.3) is 0 Å². The van der Waals surface area contributed by atoms with Gasteiger partial charge in [-0.2, -0.15) is 0 Å². The Hall–Kier alpha value is -0.640. The summed E-state index contributed by atoms with van der Waals surface area (Å²) in [4.78, 5) is 0. The number of halogens is 2. The number of hydrogen-bond donors (Lipinski definition) is 2. The molecule has 1 aromatic rings. The third-order valence-electron chi connectivity index (χ3n) is 3.28. The Balaban J connectivity index is 2.89. The minimum atomic E-state index is -0.394. The van der Waals surface area contributed by atoms with Gasteiger partial charge in [0.1, 0.15) is 5.82 Å². The molecule has 0 saturated carbocycles. The van der Waals surface area contributed by atoms with Crippen molar-refractivity contribution in [3.05, 3.63) is 34.6 Å². The van der Waals surface area contributed by atoms with E-state index in [1.807, 2.05) is 6.07 Å². The number of benzene rings is 1. The topological polar surface area (TPSA) is 38.0 Å². The lowest BCUT2D eigenvalue weighted by atomic mass is 9.91. The number of nitrogens with two attached hydrogens (primary N) is 1. The fourth-order valence-corrected chi connectivity index (χ4v) is 2.29. The maximum absolute atomic E-state index is 13.4. The van der Waals surface area contributed by atoms with Gasteiger partial charge in [0, 0.05) is 6.04 Å². The Morgan fingerprint density at radius 3 is 2.53 bits per heavy atom. The van der Waals surface area contributed by atoms with E-state index in [0.29, 0.717) is 5.92 Å². The zero-order valence-electron chi connectivity index (χ0n) is 10.3. The Labute approximate surface area is 107 Å². The Bertz CT molecular complexity index is 353. The number of nitrogens with one attached hydrogen (secondary N) is 1. The normalized spacial score (nSPS) is 13.1. The summed E-state index contributed by atoms with van der Waals surface area (Å²) in [5, 5.41) is 0.168. The van der Waals surface area contributed by atoms with E-state index in [2.05, 4.69) is 19.3 Å². The number of hydrogen-bond acceptors (Lipinski definition) is 2. The van der Waals surface area contributed by atoms with Gasteiger partial charge in [-0.1, -0.05) is 50.4 Å². The summed E-state index contributed by atoms with van der Waals surface area (Å²) in [5.41, 5.74) is 3.47. The van der Waals surface area contributed by atoms with E-state index < -0.39 is 5.82 Å². The molecule has 4 heteroatoms. The van der Waals surface area contributed by atoms with E-state index in [1.165, 1.54) is 6.07 Å². The summed E-state index contributed by atoms with van der Waals surface area (Å²) >= 11 is 5.97. The lowest BCUT2D eigenvalue weighted by Crippen LogP contribution is -2.30. The molecule has 17 heavy (non-hydrogen) atoms. The summed E-state index contributed by atoms with van der Waals surface area (Å²) in [7, 11) is 0. The van der Waals surface area contributed by atoms with Crippen LogP contribution in [0.5, 0.6) is 0 Å². The van der Waals surface area contributed by atoms with Crippen LogP contribution in [0.1, 0.15) is 44.7 Å². The average molecular weight is 259 g/mol. The predicted octanol–water partition coefficient (Wildman–Crippen LogP) is 3.81. The average Bonchev–Trinajstić information content (AvgIpc) is 2.35. The van der Waals surface area contributed by atoms with Crippen molar-refractivity contribution in [2.45, 2.75) is 39.2 Å². The quantitative estimate of drug-likeness (QED) is 0.602. The molecule has 0 aliphatic carbocycles. The second-order valence-electron chi connectivity index (χ2n) is 4.28. The minimum absolute atomic E-state index is 0.0944. The number of rotatable bonds is 6. The molecule has 1 rings (SSSR count). The van der Waals surface area contributed by atoms with Gasteiger partial charge in [-0.05, 0) is 24.0 Å². The van der Waals surface area contributed by atoms with Gasteiger partial charge in [0.05, 0.1) is 5.02 Å². The molecule has 0 amide bonds. The molecule has 0 spiro atoms. The maximum atomic E-state index is 13.4. The summed E-state index contributed by atoms with van der Waals surface area (Å²) < 4.78 is 13.4. The third kappa shape index (κ3) is 3.66. The van der Waals surface area contributed by atoms with E-state index in [4.69, 9.17) is 17.4 Å². The van der Waals surface area contributed by atoms with Crippen LogP contribution in [0.15, 0.2) is 18.2 Å². The van der Waals surface area contributed by atoms with E-state index >= 15 is 0 Å². The highest BCUT2D eigenvalue weighted by Crippen LogP contribution is 2.30. The molecule has 0 radical (unpaired) electrons. The molecule has 0 aliphatic rings. The van der Waals surface area contributed by atoms with Crippen molar-refractivity contribution in [3.63, 3.8) is 0 Å². The van der Waals surface area contributed by atoms with Gasteiger partial charge >= 0.3 is 0 Å². The largest absolute Gasteiger partial charge is 0.271 e. The monoisotopic (exact) mass is 258 g/mol. The van der Waals surface area contributed by atoms with E-state index in [0.717, 1.165) is 24.8 Å². The summed E-state index contributed by atoms with van der Waals surface area (Å²) in [6.45, 7) is 4.30. The standard InChI is InChI=1S/C13H20ClFN2/c1-3-9(4-2)8-12(17-16)10-6-5-7-11(15)13(10)14/h5-7,9,12,17H,3-4,8,16H2,1-2H3. The predicted molar refractivity (Wildman–Crippen MR) is 70.2 cm³/mol. The Morgan fingerprint density at radius 2 is 2.00 bits per heavy atom. The van der Waals surface area contributed by atoms with Crippen LogP contribution < -0.4 is 11.3 Å². The SMILES string of the molecule is CCC(CC)CC(NN)c1cccc(F)c1Cl. The van der Waals surface area contributed by atoms with Crippen LogP contribution in [0.2, 0.25) is 5.02 Å². The van der Waals surface area contributed by atoms with Gasteiger partial charge in [0.2, 0.25) is 0 Å². The van der Waals surface area contributed by atoms with Gasteiger partial charge in [-0.25, -0.2) is 4.39 Å². The molecule has 2 nitrogen and oxygen atoms in total. The zero-order valence-corrected chi connectivity index (χ0v) is 11.1. The molecule has 1 unspecified atom stereocenters. The van der Waals surface area contributed by atoms with Crippen LogP contribution >= 0.6 is 11.6 Å². The van der Waals surface area contributed by atoms with E-state index in [9.17, 15) is 4.39 Å². The second kappa shape index (κ2) is 6.94. The van der Waals surface area contributed by atoms with E-state index in [-0.39, 0.29) is 11.1 Å². The highest BCUT2D eigenvalue weighted by Gasteiger charge is 2.18. The van der Waals surface area contributed by atoms with Crippen LogP contribution in [0.3, 0.4) is 0 Å². The highest BCUT2D eigenvalue weighted by molar-refractivity contribution is 6.31. The van der Waals surface area contributed by atoms with E-state index in [1.54, 1.807) is 6.07 Å². The van der Waals surface area contributed by atoms with Gasteiger partial charge in [-0.15, -0.1) is 0 Å². The van der Waals surface area contributed by atoms with Crippen molar-refractivity contribution in [2.75, 3.05) is 0 Å². The van der Waals surface area contributed by atoms with Crippen LogP contribution in [0, 0.1) is 11.7 Å². The third-order valence-corrected chi connectivity index (χ3v) is 3.68. The lowest BCUT2D eigenvalue weighted by Gasteiger charge is -2.22. The van der Waals surface area contributed by atoms with Crippen molar-refractivity contribution in [1.82, 2.24) is 5.43 Å². The molecule has 1 aromatic carbocycles. The molecule has 96 valence electrons. The smallest absolute Gasteiger partial charge is 0.142 e. The van der Waals surface area contributed by atoms with Crippen molar-refractivity contribution < 1.29 is 4.39 Å². The van der Waals surface area contributed by atoms with Gasteiger partial charge < -0.3 is 0 Å². The second-order valence-corrected chi connectivity index (χ2v) is 4.66. The lowest BCUT2D eigenvalue weighted by molar-refractivity contribution is 0.374. The fourth-order valence-electron chi connectivity index (χ4n) is 2.03. The molecule has 0 heterocycles. The van der Waals surface area contributed by atoms with Crippen molar-refractivity contribution >= 4 is 11.6 Å². The first-order valence-electron chi connectivity index (χ1n) is 6.04. The summed E-state index contributed by atoms with van der Waals surface area (Å²) in [5.74, 6) is 5.72. The van der Waals surface area contributed by atoms with Crippen molar-refractivity contribution in [2.24, 2.45) is 11.8 Å². The maximum Gasteiger partial charge on any atom is 0.142 e. The Morgan fingerprint density at radius 1 is 1.35 bits per heavy atom. The molecule has 1 atom stereocenters. The molecule has 0 aromatic heterocycles. The molecular weight excluding hydrogens is 239 g/mol. The van der Waals surface area contributed by atoms with Gasteiger partial charge in [0.25, 0.3) is 0 Å². The fraction of sp³-hybridized carbons (Fsp3) is 0.538. The molecular formula is C13H20ClFN2. The zero-order chi connectivity index (χ0) is 12.8. The first-order chi connectivity index (χ1) is 8.13. The van der Waals surface area contributed by atoms with Crippen molar-refractivity contribution in [1.29, 1.82) is 0 Å². The summed E-state index contributed by atoms with van der Waals surface area (Å²) in [6, 6.07) is 4.74. The van der Waals surface area contributed by atoms with Crippen LogP contribution in [-0.2, 0) is 0 Å². The van der Waals surface area contributed by atoms with Crippen molar-refractivity contribution in [3.8, 4) is 0 Å². The molecule has 0 aliphatic heterocycles. The molecule has 0 fully saturated rings. The van der Waals surface area contributed by atoms with Gasteiger partial charge in [-0.3, -0.25) is 11.3 Å². The van der Waals surface area contributed by atoms with Crippen LogP contribution in [0.4, 0.5) is 4.39 Å². The number of hydrazine groups is 1. The first kappa shape index (κ1) is 14.4. The molecule has 3 N–H and O–H groups in total.